The Kier molecular flexibility index (Phi) is 3.09. The van der Waals surface area contributed by atoms with Gasteiger partial charge in [0.25, 0.3) is 0 Å². The molecule has 0 spiro atoms. The van der Waals surface area contributed by atoms with Crippen LogP contribution in [0.25, 0.3) is 0 Å². The third-order valence-corrected chi connectivity index (χ3v) is 2.24. The van der Waals surface area contributed by atoms with Crippen molar-refractivity contribution in [3.8, 4) is 0 Å². The minimum atomic E-state index is -0.225. The summed E-state index contributed by atoms with van der Waals surface area (Å²) in [6, 6.07) is 3.27. The van der Waals surface area contributed by atoms with Crippen LogP contribution in [0.2, 0.25) is 0 Å². The first-order valence-corrected chi connectivity index (χ1v) is 4.64. The summed E-state index contributed by atoms with van der Waals surface area (Å²) in [7, 11) is 0. The molecular formula is C9H11BrFN. The number of halogens is 2. The Balaban J connectivity index is 3.05. The fraction of sp³-hybridized carbons (Fsp3) is 0.333. The van der Waals surface area contributed by atoms with E-state index in [0.717, 1.165) is 17.8 Å². The Hall–Kier alpha value is -0.570. The van der Waals surface area contributed by atoms with E-state index in [2.05, 4.69) is 21.2 Å². The van der Waals surface area contributed by atoms with Crippen LogP contribution in [0.1, 0.15) is 12.5 Å². The zero-order valence-electron chi connectivity index (χ0n) is 7.12. The Morgan fingerprint density at radius 3 is 2.75 bits per heavy atom. The number of anilines is 1. The highest BCUT2D eigenvalue weighted by Gasteiger charge is 2.03. The molecule has 0 fully saturated rings. The highest BCUT2D eigenvalue weighted by molar-refractivity contribution is 9.10. The SMILES string of the molecule is CCNc1cc(F)c(Br)cc1C. The molecule has 1 aromatic carbocycles. The zero-order valence-corrected chi connectivity index (χ0v) is 8.70. The van der Waals surface area contributed by atoms with E-state index in [1.165, 1.54) is 6.07 Å². The number of benzene rings is 1. The van der Waals surface area contributed by atoms with Crippen LogP contribution >= 0.6 is 15.9 Å². The molecule has 0 radical (unpaired) electrons. The Bertz CT molecular complexity index is 286. The van der Waals surface area contributed by atoms with E-state index >= 15 is 0 Å². The van der Waals surface area contributed by atoms with Gasteiger partial charge in [0.1, 0.15) is 5.82 Å². The first-order valence-electron chi connectivity index (χ1n) is 3.84. The molecule has 0 aromatic heterocycles. The molecule has 1 nitrogen and oxygen atoms in total. The van der Waals surface area contributed by atoms with Crippen molar-refractivity contribution in [1.82, 2.24) is 0 Å². The number of nitrogens with one attached hydrogen (secondary N) is 1. The van der Waals surface area contributed by atoms with Gasteiger partial charge in [-0.25, -0.2) is 4.39 Å². The van der Waals surface area contributed by atoms with E-state index in [4.69, 9.17) is 0 Å². The van der Waals surface area contributed by atoms with Crippen LogP contribution < -0.4 is 5.32 Å². The van der Waals surface area contributed by atoms with Gasteiger partial charge in [0.15, 0.2) is 0 Å². The first kappa shape index (κ1) is 9.52. The van der Waals surface area contributed by atoms with Crippen molar-refractivity contribution in [1.29, 1.82) is 0 Å². The zero-order chi connectivity index (χ0) is 9.14. The monoisotopic (exact) mass is 231 g/mol. The predicted octanol–water partition coefficient (Wildman–Crippen LogP) is 3.33. The summed E-state index contributed by atoms with van der Waals surface area (Å²) in [5.41, 5.74) is 1.91. The van der Waals surface area contributed by atoms with Crippen molar-refractivity contribution >= 4 is 21.6 Å². The van der Waals surface area contributed by atoms with E-state index in [-0.39, 0.29) is 5.82 Å². The van der Waals surface area contributed by atoms with Gasteiger partial charge in [-0.1, -0.05) is 0 Å². The molecule has 0 unspecified atom stereocenters. The second-order valence-electron chi connectivity index (χ2n) is 2.61. The molecular weight excluding hydrogens is 221 g/mol. The van der Waals surface area contributed by atoms with Crippen molar-refractivity contribution in [3.63, 3.8) is 0 Å². The molecule has 0 aliphatic carbocycles. The molecule has 1 aromatic rings. The summed E-state index contributed by atoms with van der Waals surface area (Å²) in [4.78, 5) is 0. The van der Waals surface area contributed by atoms with E-state index in [1.54, 1.807) is 6.07 Å². The summed E-state index contributed by atoms with van der Waals surface area (Å²) in [5, 5.41) is 3.08. The average molecular weight is 232 g/mol. The van der Waals surface area contributed by atoms with Gasteiger partial charge in [-0.2, -0.15) is 0 Å². The third kappa shape index (κ3) is 1.97. The topological polar surface area (TPSA) is 12.0 Å². The number of hydrogen-bond donors (Lipinski definition) is 1. The third-order valence-electron chi connectivity index (χ3n) is 1.63. The number of rotatable bonds is 2. The predicted molar refractivity (Wildman–Crippen MR) is 53.0 cm³/mol. The molecule has 66 valence electrons. The Labute approximate surface area is 80.1 Å². The van der Waals surface area contributed by atoms with Crippen LogP contribution in [0.4, 0.5) is 10.1 Å². The van der Waals surface area contributed by atoms with E-state index in [0.29, 0.717) is 4.47 Å². The minimum absolute atomic E-state index is 0.225. The van der Waals surface area contributed by atoms with Crippen LogP contribution in [0.15, 0.2) is 16.6 Å². The fourth-order valence-corrected chi connectivity index (χ4v) is 1.49. The molecule has 0 aliphatic rings. The minimum Gasteiger partial charge on any atom is -0.385 e. The van der Waals surface area contributed by atoms with Crippen LogP contribution in [0.5, 0.6) is 0 Å². The van der Waals surface area contributed by atoms with Gasteiger partial charge < -0.3 is 5.32 Å². The van der Waals surface area contributed by atoms with Crippen LogP contribution in [0, 0.1) is 12.7 Å². The van der Waals surface area contributed by atoms with Gasteiger partial charge in [0.05, 0.1) is 4.47 Å². The van der Waals surface area contributed by atoms with Gasteiger partial charge in [-0.05, 0) is 47.5 Å². The standard InChI is InChI=1S/C9H11BrFN/c1-3-12-9-5-8(11)7(10)4-6(9)2/h4-5,12H,3H2,1-2H3. The maximum atomic E-state index is 13.0. The molecule has 0 heterocycles. The summed E-state index contributed by atoms with van der Waals surface area (Å²) in [6.45, 7) is 4.74. The fourth-order valence-electron chi connectivity index (χ4n) is 1.03. The van der Waals surface area contributed by atoms with Crippen LogP contribution in [-0.4, -0.2) is 6.54 Å². The van der Waals surface area contributed by atoms with Crippen molar-refractivity contribution in [3.05, 3.63) is 28.0 Å². The highest BCUT2D eigenvalue weighted by Crippen LogP contribution is 2.23. The summed E-state index contributed by atoms with van der Waals surface area (Å²) in [6.07, 6.45) is 0. The van der Waals surface area contributed by atoms with E-state index in [9.17, 15) is 4.39 Å². The maximum absolute atomic E-state index is 13.0. The van der Waals surface area contributed by atoms with E-state index < -0.39 is 0 Å². The first-order chi connectivity index (χ1) is 5.65. The second-order valence-corrected chi connectivity index (χ2v) is 3.47. The number of hydrogen-bond acceptors (Lipinski definition) is 1. The van der Waals surface area contributed by atoms with Crippen molar-refractivity contribution < 1.29 is 4.39 Å². The quantitative estimate of drug-likeness (QED) is 0.824. The van der Waals surface area contributed by atoms with Crippen molar-refractivity contribution in [2.24, 2.45) is 0 Å². The lowest BCUT2D eigenvalue weighted by atomic mass is 10.2. The molecule has 1 rings (SSSR count). The molecule has 0 aliphatic heterocycles. The Morgan fingerprint density at radius 2 is 2.17 bits per heavy atom. The average Bonchev–Trinajstić information content (AvgIpc) is 2.01. The second kappa shape index (κ2) is 3.90. The highest BCUT2D eigenvalue weighted by atomic mass is 79.9. The molecule has 1 N–H and O–H groups in total. The largest absolute Gasteiger partial charge is 0.385 e. The molecule has 0 atom stereocenters. The normalized spacial score (nSPS) is 10.0. The van der Waals surface area contributed by atoms with Gasteiger partial charge in [-0.15, -0.1) is 0 Å². The summed E-state index contributed by atoms with van der Waals surface area (Å²) < 4.78 is 13.5. The van der Waals surface area contributed by atoms with Crippen molar-refractivity contribution in [2.75, 3.05) is 11.9 Å². The molecule has 0 amide bonds. The summed E-state index contributed by atoms with van der Waals surface area (Å²) in [5.74, 6) is -0.225. The lowest BCUT2D eigenvalue weighted by molar-refractivity contribution is 0.621. The molecule has 0 bridgehead atoms. The van der Waals surface area contributed by atoms with Gasteiger partial charge >= 0.3 is 0 Å². The maximum Gasteiger partial charge on any atom is 0.139 e. The van der Waals surface area contributed by atoms with Crippen LogP contribution in [-0.2, 0) is 0 Å². The van der Waals surface area contributed by atoms with Crippen LogP contribution in [0.3, 0.4) is 0 Å². The van der Waals surface area contributed by atoms with Gasteiger partial charge in [-0.3, -0.25) is 0 Å². The van der Waals surface area contributed by atoms with Gasteiger partial charge in [0.2, 0.25) is 0 Å². The van der Waals surface area contributed by atoms with E-state index in [1.807, 2.05) is 13.8 Å². The Morgan fingerprint density at radius 1 is 1.50 bits per heavy atom. The lowest BCUT2D eigenvalue weighted by Crippen LogP contribution is -1.99. The molecule has 12 heavy (non-hydrogen) atoms. The molecule has 0 saturated carbocycles. The molecule has 0 saturated heterocycles. The molecule has 3 heteroatoms. The van der Waals surface area contributed by atoms with Crippen molar-refractivity contribution in [2.45, 2.75) is 13.8 Å². The lowest BCUT2D eigenvalue weighted by Gasteiger charge is -2.07. The number of aryl methyl sites for hydroxylation is 1. The summed E-state index contributed by atoms with van der Waals surface area (Å²) >= 11 is 3.13. The smallest absolute Gasteiger partial charge is 0.139 e. The van der Waals surface area contributed by atoms with Gasteiger partial charge in [0, 0.05) is 12.2 Å².